The van der Waals surface area contributed by atoms with Crippen molar-refractivity contribution in [2.45, 2.75) is 12.3 Å². The van der Waals surface area contributed by atoms with Crippen LogP contribution in [0, 0.1) is 0 Å². The molecule has 0 spiro atoms. The first-order chi connectivity index (χ1) is 30.7. The Morgan fingerprint density at radius 3 is 1.71 bits per heavy atom. The Kier molecular flexibility index (Phi) is 9.24. The molecule has 2 aliphatic rings. The number of nitrogens with one attached hydrogen (secondary N) is 1. The van der Waals surface area contributed by atoms with Crippen LogP contribution in [0.1, 0.15) is 29.2 Å². The fourth-order valence-electron chi connectivity index (χ4n) is 9.04. The number of aromatic nitrogens is 3. The summed E-state index contributed by atoms with van der Waals surface area (Å²) in [5, 5.41) is 3.43. The van der Waals surface area contributed by atoms with Gasteiger partial charge in [-0.1, -0.05) is 164 Å². The van der Waals surface area contributed by atoms with Gasteiger partial charge in [-0.2, -0.15) is 0 Å². The van der Waals surface area contributed by atoms with Crippen LogP contribution >= 0.6 is 0 Å². The number of anilines is 1. The average Bonchev–Trinajstić information content (AvgIpc) is 3.63. The van der Waals surface area contributed by atoms with Crippen LogP contribution in [0.3, 0.4) is 0 Å². The second kappa shape index (κ2) is 15.5. The molecule has 296 valence electrons. The van der Waals surface area contributed by atoms with E-state index in [2.05, 4.69) is 139 Å². The summed E-state index contributed by atoms with van der Waals surface area (Å²) in [4.78, 5) is 15.2. The molecule has 0 saturated carbocycles. The van der Waals surface area contributed by atoms with Crippen molar-refractivity contribution in [2.75, 3.05) is 11.9 Å². The molecule has 6 nitrogen and oxygen atoms in total. The zero-order chi connectivity index (χ0) is 41.5. The molecular weight excluding hydrogens is 761 g/mol. The summed E-state index contributed by atoms with van der Waals surface area (Å²) in [7, 11) is 0. The molecule has 1 aliphatic carbocycles. The maximum atomic E-state index is 7.02. The van der Waals surface area contributed by atoms with E-state index in [0.717, 1.165) is 51.2 Å². The van der Waals surface area contributed by atoms with Gasteiger partial charge in [-0.15, -0.1) is 0 Å². The predicted octanol–water partition coefficient (Wildman–Crippen LogP) is 13.8. The molecule has 0 fully saturated rings. The van der Waals surface area contributed by atoms with Crippen molar-refractivity contribution in [1.82, 2.24) is 15.0 Å². The highest BCUT2D eigenvalue weighted by Gasteiger charge is 2.47. The zero-order valence-corrected chi connectivity index (χ0v) is 34.0. The van der Waals surface area contributed by atoms with Crippen LogP contribution in [0.5, 0.6) is 23.0 Å². The summed E-state index contributed by atoms with van der Waals surface area (Å²) in [6, 6.07) is 67.2. The maximum Gasteiger partial charge on any atom is 0.177 e. The Morgan fingerprint density at radius 2 is 1.02 bits per heavy atom. The van der Waals surface area contributed by atoms with Crippen LogP contribution in [-0.4, -0.2) is 21.5 Å². The van der Waals surface area contributed by atoms with Gasteiger partial charge < -0.3 is 14.8 Å². The van der Waals surface area contributed by atoms with Gasteiger partial charge in [0.1, 0.15) is 0 Å². The summed E-state index contributed by atoms with van der Waals surface area (Å²) >= 11 is 0. The van der Waals surface area contributed by atoms with Crippen LogP contribution in [0.25, 0.3) is 56.4 Å². The average molecular weight is 801 g/mol. The largest absolute Gasteiger partial charge is 0.449 e. The molecule has 0 saturated heterocycles. The minimum Gasteiger partial charge on any atom is -0.449 e. The van der Waals surface area contributed by atoms with E-state index in [4.69, 9.17) is 24.4 Å². The third kappa shape index (κ3) is 6.23. The van der Waals surface area contributed by atoms with Gasteiger partial charge in [0.15, 0.2) is 40.5 Å². The molecule has 0 atom stereocenters. The second-order valence-electron chi connectivity index (χ2n) is 15.5. The Bertz CT molecular complexity index is 3090. The first kappa shape index (κ1) is 36.9. The number of rotatable bonds is 9. The molecule has 8 aromatic carbocycles. The van der Waals surface area contributed by atoms with Crippen molar-refractivity contribution in [3.05, 3.63) is 229 Å². The summed E-state index contributed by atoms with van der Waals surface area (Å²) in [6.07, 6.45) is 4.12. The van der Waals surface area contributed by atoms with Crippen molar-refractivity contribution in [3.8, 4) is 79.4 Å². The number of hydrogen-bond donors (Lipinski definition) is 1. The van der Waals surface area contributed by atoms with Crippen LogP contribution < -0.4 is 14.8 Å². The molecule has 6 heteroatoms. The third-order valence-corrected chi connectivity index (χ3v) is 11.9. The molecule has 0 amide bonds. The zero-order valence-electron chi connectivity index (χ0n) is 34.0. The number of ether oxygens (including phenoxy) is 2. The highest BCUT2D eigenvalue weighted by atomic mass is 16.6. The van der Waals surface area contributed by atoms with Gasteiger partial charge in [0.2, 0.25) is 0 Å². The second-order valence-corrected chi connectivity index (χ2v) is 15.5. The van der Waals surface area contributed by atoms with E-state index in [-0.39, 0.29) is 0 Å². The van der Waals surface area contributed by atoms with Gasteiger partial charge in [-0.3, -0.25) is 0 Å². The molecule has 1 aromatic heterocycles. The van der Waals surface area contributed by atoms with Gasteiger partial charge in [-0.25, -0.2) is 15.0 Å². The Labute approximate surface area is 360 Å². The fourth-order valence-corrected chi connectivity index (χ4v) is 9.04. The van der Waals surface area contributed by atoms with E-state index >= 15 is 0 Å². The van der Waals surface area contributed by atoms with E-state index in [1.165, 1.54) is 22.3 Å². The van der Waals surface area contributed by atoms with Crippen molar-refractivity contribution in [2.24, 2.45) is 0 Å². The minimum absolute atomic E-state index is 0.555. The van der Waals surface area contributed by atoms with Crippen molar-refractivity contribution in [3.63, 3.8) is 0 Å². The van der Waals surface area contributed by atoms with Crippen molar-refractivity contribution >= 4 is 5.69 Å². The molecular formula is C56H40N4O2. The first-order valence-corrected chi connectivity index (χ1v) is 20.9. The fraction of sp³-hybridized carbons (Fsp3) is 0.0536. The normalized spacial score (nSPS) is 13.0. The minimum atomic E-state index is -0.555. The Morgan fingerprint density at radius 1 is 0.452 bits per heavy atom. The van der Waals surface area contributed by atoms with E-state index < -0.39 is 5.41 Å². The monoisotopic (exact) mass is 800 g/mol. The van der Waals surface area contributed by atoms with Gasteiger partial charge in [0, 0.05) is 34.5 Å². The van der Waals surface area contributed by atoms with Crippen molar-refractivity contribution < 1.29 is 9.47 Å². The van der Waals surface area contributed by atoms with E-state index in [9.17, 15) is 0 Å². The predicted molar refractivity (Wildman–Crippen MR) is 249 cm³/mol. The molecule has 0 unspecified atom stereocenters. The molecule has 2 heterocycles. The number of hydrogen-bond acceptors (Lipinski definition) is 6. The number of allylic oxidation sites excluding steroid dienone is 1. The number of fused-ring (bicyclic) bond motifs is 5. The molecule has 0 bridgehead atoms. The molecule has 0 radical (unpaired) electrons. The van der Waals surface area contributed by atoms with Gasteiger partial charge in [-0.05, 0) is 88.3 Å². The highest BCUT2D eigenvalue weighted by molar-refractivity contribution is 5.90. The Hall–Kier alpha value is -8.09. The van der Waals surface area contributed by atoms with Crippen molar-refractivity contribution in [1.29, 1.82) is 0 Å². The quantitative estimate of drug-likeness (QED) is 0.147. The summed E-state index contributed by atoms with van der Waals surface area (Å²) < 4.78 is 13.9. The molecule has 11 rings (SSSR count). The van der Waals surface area contributed by atoms with Crippen LogP contribution in [-0.2, 0) is 5.41 Å². The number of nitrogens with zero attached hydrogens (tertiary/aromatic N) is 3. The van der Waals surface area contributed by atoms with Gasteiger partial charge in [0.25, 0.3) is 0 Å². The van der Waals surface area contributed by atoms with Gasteiger partial charge >= 0.3 is 0 Å². The van der Waals surface area contributed by atoms with E-state index in [0.29, 0.717) is 40.5 Å². The molecule has 62 heavy (non-hydrogen) atoms. The van der Waals surface area contributed by atoms with Crippen LogP contribution in [0.4, 0.5) is 5.69 Å². The van der Waals surface area contributed by atoms with E-state index in [1.54, 1.807) is 0 Å². The van der Waals surface area contributed by atoms with Crippen LogP contribution in [0.15, 0.2) is 206 Å². The Balaban J connectivity index is 1.03. The standard InChI is InChI=1S/C56H40N4O2/c1-2-3-34-57-41-32-30-38(31-33-41)54-58-53(37-18-7-4-8-19-37)59-55(60-54)45-26-14-13-24-42(45)44-27-17-29-49-52(44)62-50-35-46-43-25-15-16-28-47(43)56(39-20-9-5-10-21-39,40-22-11-6-12-23-40)48(46)36-51(50)61-49/h2-33,35-36,57H,34H2,1H3/b3-2-. The van der Waals surface area contributed by atoms with Crippen LogP contribution in [0.2, 0.25) is 0 Å². The number of para-hydroxylation sites is 1. The summed E-state index contributed by atoms with van der Waals surface area (Å²) in [5.41, 5.74) is 11.9. The topological polar surface area (TPSA) is 69.2 Å². The molecule has 1 N–H and O–H groups in total. The maximum absolute atomic E-state index is 7.02. The lowest BCUT2D eigenvalue weighted by atomic mass is 9.67. The highest BCUT2D eigenvalue weighted by Crippen LogP contribution is 2.60. The summed E-state index contributed by atoms with van der Waals surface area (Å²) in [5.74, 6) is 4.33. The lowest BCUT2D eigenvalue weighted by Gasteiger charge is -2.34. The smallest absolute Gasteiger partial charge is 0.177 e. The third-order valence-electron chi connectivity index (χ3n) is 11.9. The lowest BCUT2D eigenvalue weighted by Crippen LogP contribution is -2.28. The number of benzene rings is 8. The van der Waals surface area contributed by atoms with Gasteiger partial charge in [0.05, 0.1) is 5.41 Å². The summed E-state index contributed by atoms with van der Waals surface area (Å²) in [6.45, 7) is 2.77. The first-order valence-electron chi connectivity index (χ1n) is 20.9. The molecule has 9 aromatic rings. The SMILES string of the molecule is C/C=C\CNc1ccc(-c2nc(-c3ccccc3)nc(-c3ccccc3-c3cccc4c3Oc3cc5c(cc3O4)C(c3ccccc3)(c3ccccc3)c3ccccc3-5)n2)cc1. The molecule has 1 aliphatic heterocycles. The lowest BCUT2D eigenvalue weighted by molar-refractivity contribution is 0.360. The van der Waals surface area contributed by atoms with E-state index in [1.807, 2.05) is 79.7 Å².